The summed E-state index contributed by atoms with van der Waals surface area (Å²) in [7, 11) is 0. The standard InChI is InChI=1S/C12H23N3O/c1-4-10-7-12(15(6-3)14-10)8-13-11(5-2)9-16/h7,11,13,16H,4-6,8-9H2,1-3H3. The van der Waals surface area contributed by atoms with Crippen molar-refractivity contribution in [3.8, 4) is 0 Å². The molecule has 1 aromatic heterocycles. The summed E-state index contributed by atoms with van der Waals surface area (Å²) >= 11 is 0. The number of hydrogen-bond acceptors (Lipinski definition) is 3. The van der Waals surface area contributed by atoms with Gasteiger partial charge in [-0.3, -0.25) is 4.68 Å². The first-order valence-electron chi connectivity index (χ1n) is 6.14. The van der Waals surface area contributed by atoms with E-state index in [1.54, 1.807) is 0 Å². The molecule has 0 aliphatic rings. The Morgan fingerprint density at radius 2 is 2.19 bits per heavy atom. The number of aliphatic hydroxyl groups is 1. The lowest BCUT2D eigenvalue weighted by Crippen LogP contribution is -2.31. The monoisotopic (exact) mass is 225 g/mol. The van der Waals surface area contributed by atoms with E-state index in [1.165, 1.54) is 5.69 Å². The van der Waals surface area contributed by atoms with Gasteiger partial charge >= 0.3 is 0 Å². The van der Waals surface area contributed by atoms with Crippen LogP contribution in [0.25, 0.3) is 0 Å². The second-order valence-corrected chi connectivity index (χ2v) is 3.96. The molecule has 0 spiro atoms. The lowest BCUT2D eigenvalue weighted by atomic mass is 10.2. The van der Waals surface area contributed by atoms with Gasteiger partial charge in [0.05, 0.1) is 18.0 Å². The molecule has 0 bridgehead atoms. The Labute approximate surface area is 97.7 Å². The van der Waals surface area contributed by atoms with Gasteiger partial charge in [0.1, 0.15) is 0 Å². The highest BCUT2D eigenvalue weighted by molar-refractivity contribution is 5.10. The molecule has 1 heterocycles. The lowest BCUT2D eigenvalue weighted by molar-refractivity contribution is 0.237. The number of hydrogen-bond donors (Lipinski definition) is 2. The van der Waals surface area contributed by atoms with Crippen molar-refractivity contribution in [1.29, 1.82) is 0 Å². The fraction of sp³-hybridized carbons (Fsp3) is 0.750. The maximum absolute atomic E-state index is 9.10. The van der Waals surface area contributed by atoms with E-state index in [0.29, 0.717) is 0 Å². The van der Waals surface area contributed by atoms with Crippen LogP contribution in [0.15, 0.2) is 6.07 Å². The van der Waals surface area contributed by atoms with E-state index in [9.17, 15) is 0 Å². The lowest BCUT2D eigenvalue weighted by Gasteiger charge is -2.14. The van der Waals surface area contributed by atoms with Crippen LogP contribution in [-0.4, -0.2) is 27.5 Å². The third kappa shape index (κ3) is 3.32. The van der Waals surface area contributed by atoms with Gasteiger partial charge < -0.3 is 10.4 Å². The maximum Gasteiger partial charge on any atom is 0.0625 e. The van der Waals surface area contributed by atoms with Crippen LogP contribution in [0.4, 0.5) is 0 Å². The van der Waals surface area contributed by atoms with Crippen molar-refractivity contribution in [3.63, 3.8) is 0 Å². The number of aliphatic hydroxyl groups excluding tert-OH is 1. The molecule has 0 saturated carbocycles. The molecule has 0 saturated heterocycles. The Morgan fingerprint density at radius 1 is 1.44 bits per heavy atom. The molecule has 16 heavy (non-hydrogen) atoms. The SMILES string of the molecule is CCc1cc(CNC(CC)CO)n(CC)n1. The number of aromatic nitrogens is 2. The van der Waals surface area contributed by atoms with Gasteiger partial charge in [0.2, 0.25) is 0 Å². The molecule has 0 amide bonds. The summed E-state index contributed by atoms with van der Waals surface area (Å²) in [6, 6.07) is 2.32. The molecule has 1 aromatic rings. The number of aryl methyl sites for hydroxylation is 2. The topological polar surface area (TPSA) is 50.1 Å². The summed E-state index contributed by atoms with van der Waals surface area (Å²) in [6.45, 7) is 8.15. The van der Waals surface area contributed by atoms with Gasteiger partial charge in [0.15, 0.2) is 0 Å². The molecule has 0 aromatic carbocycles. The van der Waals surface area contributed by atoms with Crippen LogP contribution in [0.2, 0.25) is 0 Å². The van der Waals surface area contributed by atoms with Crippen molar-refractivity contribution in [2.45, 2.75) is 52.7 Å². The molecular formula is C12H23N3O. The Morgan fingerprint density at radius 3 is 2.69 bits per heavy atom. The quantitative estimate of drug-likeness (QED) is 0.736. The second kappa shape index (κ2) is 6.66. The average Bonchev–Trinajstić information content (AvgIpc) is 2.73. The summed E-state index contributed by atoms with van der Waals surface area (Å²) in [4.78, 5) is 0. The fourth-order valence-corrected chi connectivity index (χ4v) is 1.69. The molecule has 1 unspecified atom stereocenters. The third-order valence-electron chi connectivity index (χ3n) is 2.86. The van der Waals surface area contributed by atoms with Crippen molar-refractivity contribution < 1.29 is 5.11 Å². The molecule has 0 fully saturated rings. The van der Waals surface area contributed by atoms with Crippen LogP contribution in [0.1, 0.15) is 38.6 Å². The predicted molar refractivity (Wildman–Crippen MR) is 65.3 cm³/mol. The average molecular weight is 225 g/mol. The van der Waals surface area contributed by atoms with Gasteiger partial charge in [-0.1, -0.05) is 13.8 Å². The number of nitrogens with one attached hydrogen (secondary N) is 1. The van der Waals surface area contributed by atoms with Crippen LogP contribution < -0.4 is 5.32 Å². The minimum absolute atomic E-state index is 0.185. The maximum atomic E-state index is 9.10. The Bertz CT molecular complexity index is 305. The zero-order chi connectivity index (χ0) is 12.0. The zero-order valence-corrected chi connectivity index (χ0v) is 10.5. The summed E-state index contributed by atoms with van der Waals surface area (Å²) in [5.74, 6) is 0. The van der Waals surface area contributed by atoms with Crippen molar-refractivity contribution in [3.05, 3.63) is 17.5 Å². The van der Waals surface area contributed by atoms with Crippen molar-refractivity contribution in [1.82, 2.24) is 15.1 Å². The van der Waals surface area contributed by atoms with E-state index in [-0.39, 0.29) is 12.6 Å². The summed E-state index contributed by atoms with van der Waals surface area (Å²) in [5, 5.41) is 16.9. The minimum atomic E-state index is 0.185. The van der Waals surface area contributed by atoms with Gasteiger partial charge in [-0.05, 0) is 25.8 Å². The molecular weight excluding hydrogens is 202 g/mol. The number of nitrogens with zero attached hydrogens (tertiary/aromatic N) is 2. The van der Waals surface area contributed by atoms with Crippen LogP contribution in [0, 0.1) is 0 Å². The van der Waals surface area contributed by atoms with E-state index in [0.717, 1.165) is 31.6 Å². The molecule has 0 aliphatic carbocycles. The fourth-order valence-electron chi connectivity index (χ4n) is 1.69. The van der Waals surface area contributed by atoms with Gasteiger partial charge in [-0.15, -0.1) is 0 Å². The van der Waals surface area contributed by atoms with Gasteiger partial charge in [0.25, 0.3) is 0 Å². The van der Waals surface area contributed by atoms with Crippen molar-refractivity contribution in [2.24, 2.45) is 0 Å². The van der Waals surface area contributed by atoms with Crippen LogP contribution >= 0.6 is 0 Å². The highest BCUT2D eigenvalue weighted by Gasteiger charge is 2.08. The number of rotatable bonds is 7. The van der Waals surface area contributed by atoms with Crippen molar-refractivity contribution in [2.75, 3.05) is 6.61 Å². The van der Waals surface area contributed by atoms with Crippen LogP contribution in [-0.2, 0) is 19.5 Å². The minimum Gasteiger partial charge on any atom is -0.395 e. The normalized spacial score (nSPS) is 13.0. The zero-order valence-electron chi connectivity index (χ0n) is 10.5. The summed E-state index contributed by atoms with van der Waals surface area (Å²) in [6.07, 6.45) is 1.91. The summed E-state index contributed by atoms with van der Waals surface area (Å²) < 4.78 is 2.02. The van der Waals surface area contributed by atoms with E-state index in [2.05, 4.69) is 37.3 Å². The third-order valence-corrected chi connectivity index (χ3v) is 2.86. The molecule has 4 nitrogen and oxygen atoms in total. The second-order valence-electron chi connectivity index (χ2n) is 3.96. The highest BCUT2D eigenvalue weighted by Crippen LogP contribution is 2.06. The molecule has 2 N–H and O–H groups in total. The van der Waals surface area contributed by atoms with E-state index in [1.807, 2.05) is 4.68 Å². The Hall–Kier alpha value is -0.870. The highest BCUT2D eigenvalue weighted by atomic mass is 16.3. The van der Waals surface area contributed by atoms with Crippen LogP contribution in [0.3, 0.4) is 0 Å². The Kier molecular flexibility index (Phi) is 5.49. The van der Waals surface area contributed by atoms with E-state index in [4.69, 9.17) is 5.11 Å². The van der Waals surface area contributed by atoms with E-state index >= 15 is 0 Å². The largest absolute Gasteiger partial charge is 0.395 e. The first-order valence-corrected chi connectivity index (χ1v) is 6.14. The molecule has 1 atom stereocenters. The van der Waals surface area contributed by atoms with Gasteiger partial charge in [-0.2, -0.15) is 5.10 Å². The smallest absolute Gasteiger partial charge is 0.0625 e. The van der Waals surface area contributed by atoms with E-state index < -0.39 is 0 Å². The Balaban J connectivity index is 2.61. The molecule has 0 aliphatic heterocycles. The van der Waals surface area contributed by atoms with Gasteiger partial charge in [0, 0.05) is 19.1 Å². The van der Waals surface area contributed by atoms with Crippen LogP contribution in [0.5, 0.6) is 0 Å². The van der Waals surface area contributed by atoms with Gasteiger partial charge in [-0.25, -0.2) is 0 Å². The summed E-state index contributed by atoms with van der Waals surface area (Å²) in [5.41, 5.74) is 2.34. The first-order chi connectivity index (χ1) is 7.74. The molecule has 92 valence electrons. The van der Waals surface area contributed by atoms with Crippen molar-refractivity contribution >= 4 is 0 Å². The molecule has 1 rings (SSSR count). The molecule has 4 heteroatoms. The molecule has 0 radical (unpaired) electrons. The first kappa shape index (κ1) is 13.2. The predicted octanol–water partition coefficient (Wildman–Crippen LogP) is 1.33.